The Bertz CT molecular complexity index is 1390. The van der Waals surface area contributed by atoms with Gasteiger partial charge >= 0.3 is 5.97 Å². The molecular weight excluding hydrogens is 526 g/mol. The first kappa shape index (κ1) is 31.3. The summed E-state index contributed by atoms with van der Waals surface area (Å²) in [6.45, 7) is 3.48. The summed E-state index contributed by atoms with van der Waals surface area (Å²) in [6.07, 6.45) is 1.16. The molecule has 5 nitrogen and oxygen atoms in total. The summed E-state index contributed by atoms with van der Waals surface area (Å²) >= 11 is 3.80. The van der Waals surface area contributed by atoms with Crippen molar-refractivity contribution in [1.82, 2.24) is 4.31 Å². The quantitative estimate of drug-likeness (QED) is 0.0797. The molecule has 0 bridgehead atoms. The predicted octanol–water partition coefficient (Wildman–Crippen LogP) is 7.31. The summed E-state index contributed by atoms with van der Waals surface area (Å²) in [5.41, 5.74) is 8.85. The second-order valence-corrected chi connectivity index (χ2v) is 10.8. The topological polar surface area (TPSA) is 36.0 Å². The zero-order chi connectivity index (χ0) is 29.9. The Morgan fingerprint density at radius 3 is 1.29 bits per heavy atom. The average Bonchev–Trinajstić information content (AvgIpc) is 2.96. The number of hydrogen-bond donors (Lipinski definition) is 1. The van der Waals surface area contributed by atoms with Crippen molar-refractivity contribution in [3.05, 3.63) is 138 Å². The van der Waals surface area contributed by atoms with Gasteiger partial charge in [0.1, 0.15) is 5.75 Å². The summed E-state index contributed by atoms with van der Waals surface area (Å²) in [5, 5.41) is 0. The molecule has 212 valence electrons. The van der Waals surface area contributed by atoms with E-state index in [9.17, 15) is 4.79 Å². The fourth-order valence-corrected chi connectivity index (χ4v) is 4.22. The maximum atomic E-state index is 11.7. The molecule has 0 aliphatic carbocycles. The standard InChI is InChI=1S/C33H32N2O2.C2H7NS/c1-6-31(36)37-30-22-16-27(17-23-30)32(24-10-8-7-9-11-24)33(25-12-18-28(19-13-25)34(2)3)26-14-20-29(21-15-26)35(4)5;1-3(2)4/h6-23H,1H2,2-5H3;4H,1-2H3. The van der Waals surface area contributed by atoms with Gasteiger partial charge in [-0.15, -0.1) is 0 Å². The molecule has 0 unspecified atom stereocenters. The van der Waals surface area contributed by atoms with Gasteiger partial charge in [0, 0.05) is 45.6 Å². The molecule has 0 amide bonds. The predicted molar refractivity (Wildman–Crippen MR) is 178 cm³/mol. The lowest BCUT2D eigenvalue weighted by atomic mass is 9.85. The van der Waals surface area contributed by atoms with Gasteiger partial charge in [-0.05, 0) is 83.9 Å². The Kier molecular flexibility index (Phi) is 11.4. The normalized spacial score (nSPS) is 10.2. The van der Waals surface area contributed by atoms with Crippen LogP contribution >= 0.6 is 12.8 Å². The van der Waals surface area contributed by atoms with Crippen LogP contribution in [0.3, 0.4) is 0 Å². The van der Waals surface area contributed by atoms with Crippen LogP contribution < -0.4 is 14.5 Å². The molecule has 4 aromatic rings. The number of carbonyl (C=O) groups excluding carboxylic acids is 1. The molecular formula is C35H39N3O2S. The minimum Gasteiger partial charge on any atom is -0.423 e. The van der Waals surface area contributed by atoms with Crippen LogP contribution in [0.2, 0.25) is 0 Å². The molecule has 0 N–H and O–H groups in total. The van der Waals surface area contributed by atoms with Gasteiger partial charge in [-0.3, -0.25) is 4.31 Å². The molecule has 0 aliphatic rings. The van der Waals surface area contributed by atoms with E-state index >= 15 is 0 Å². The van der Waals surface area contributed by atoms with Crippen LogP contribution in [-0.4, -0.2) is 52.6 Å². The van der Waals surface area contributed by atoms with Crippen molar-refractivity contribution in [1.29, 1.82) is 0 Å². The van der Waals surface area contributed by atoms with E-state index in [1.54, 1.807) is 4.31 Å². The van der Waals surface area contributed by atoms with E-state index in [0.29, 0.717) is 5.75 Å². The van der Waals surface area contributed by atoms with Gasteiger partial charge in [-0.1, -0.05) is 86.1 Å². The maximum Gasteiger partial charge on any atom is 0.335 e. The van der Waals surface area contributed by atoms with Gasteiger partial charge < -0.3 is 14.5 Å². The molecule has 0 atom stereocenters. The second-order valence-electron chi connectivity index (χ2n) is 10.00. The molecule has 0 saturated carbocycles. The van der Waals surface area contributed by atoms with Crippen LogP contribution in [0.15, 0.2) is 116 Å². The molecule has 0 spiro atoms. The fourth-order valence-electron chi connectivity index (χ4n) is 4.22. The number of carbonyl (C=O) groups is 1. The van der Waals surface area contributed by atoms with Crippen LogP contribution in [0, 0.1) is 0 Å². The van der Waals surface area contributed by atoms with Crippen molar-refractivity contribution < 1.29 is 9.53 Å². The number of hydrogen-bond acceptors (Lipinski definition) is 6. The smallest absolute Gasteiger partial charge is 0.335 e. The van der Waals surface area contributed by atoms with Crippen molar-refractivity contribution >= 4 is 41.3 Å². The Morgan fingerprint density at radius 1 is 0.610 bits per heavy atom. The molecule has 0 radical (unpaired) electrons. The molecule has 0 fully saturated rings. The number of thiol groups is 1. The van der Waals surface area contributed by atoms with E-state index in [0.717, 1.165) is 50.9 Å². The molecule has 4 rings (SSSR count). The SMILES string of the molecule is C=CC(=O)Oc1ccc(C(=C(c2ccc(N(C)C)cc2)c2ccc(N(C)C)cc2)c2ccccc2)cc1.CN(C)S. The lowest BCUT2D eigenvalue weighted by Gasteiger charge is -2.20. The zero-order valence-electron chi connectivity index (χ0n) is 24.7. The number of rotatable bonds is 8. The fraction of sp³-hybridized carbons (Fsp3) is 0.171. The Morgan fingerprint density at radius 2 is 0.951 bits per heavy atom. The first-order chi connectivity index (χ1) is 19.6. The number of nitrogens with zero attached hydrogens (tertiary/aromatic N) is 3. The third-order valence-electron chi connectivity index (χ3n) is 6.19. The highest BCUT2D eigenvalue weighted by Crippen LogP contribution is 2.38. The first-order valence-corrected chi connectivity index (χ1v) is 13.7. The van der Waals surface area contributed by atoms with Gasteiger partial charge in [-0.2, -0.15) is 0 Å². The lowest BCUT2D eigenvalue weighted by Crippen LogP contribution is -2.09. The van der Waals surface area contributed by atoms with Crippen molar-refractivity contribution in [3.8, 4) is 5.75 Å². The third kappa shape index (κ3) is 8.87. The van der Waals surface area contributed by atoms with Crippen molar-refractivity contribution in [3.63, 3.8) is 0 Å². The third-order valence-corrected chi connectivity index (χ3v) is 6.19. The molecule has 0 aliphatic heterocycles. The highest BCUT2D eigenvalue weighted by molar-refractivity contribution is 7.77. The average molecular weight is 566 g/mol. The highest BCUT2D eigenvalue weighted by atomic mass is 32.1. The van der Waals surface area contributed by atoms with Crippen molar-refractivity contribution in [2.75, 3.05) is 52.1 Å². The minimum absolute atomic E-state index is 0.478. The number of ether oxygens (including phenoxy) is 1. The number of benzene rings is 4. The number of anilines is 2. The highest BCUT2D eigenvalue weighted by Gasteiger charge is 2.17. The van der Waals surface area contributed by atoms with E-state index in [1.165, 1.54) is 0 Å². The first-order valence-electron chi connectivity index (χ1n) is 13.3. The molecule has 0 saturated heterocycles. The number of esters is 1. The summed E-state index contributed by atoms with van der Waals surface area (Å²) in [4.78, 5) is 15.9. The van der Waals surface area contributed by atoms with Crippen LogP contribution in [0.5, 0.6) is 5.75 Å². The Balaban J connectivity index is 0.00000108. The second kappa shape index (κ2) is 14.9. The lowest BCUT2D eigenvalue weighted by molar-refractivity contribution is -0.128. The summed E-state index contributed by atoms with van der Waals surface area (Å²) in [7, 11) is 11.9. The van der Waals surface area contributed by atoms with E-state index in [-0.39, 0.29) is 0 Å². The van der Waals surface area contributed by atoms with Crippen molar-refractivity contribution in [2.45, 2.75) is 0 Å². The van der Waals surface area contributed by atoms with E-state index in [4.69, 9.17) is 4.74 Å². The van der Waals surface area contributed by atoms with Gasteiger partial charge in [0.05, 0.1) is 0 Å². The monoisotopic (exact) mass is 565 g/mol. The summed E-state index contributed by atoms with van der Waals surface area (Å²) < 4.78 is 7.02. The van der Waals surface area contributed by atoms with Crippen molar-refractivity contribution in [2.24, 2.45) is 0 Å². The van der Waals surface area contributed by atoms with Gasteiger partial charge in [-0.25, -0.2) is 4.79 Å². The molecule has 6 heteroatoms. The van der Waals surface area contributed by atoms with Crippen LogP contribution in [0.25, 0.3) is 11.1 Å². The van der Waals surface area contributed by atoms with E-state index in [2.05, 4.69) is 102 Å². The Labute approximate surface area is 250 Å². The maximum absolute atomic E-state index is 11.7. The molecule has 4 aromatic carbocycles. The minimum atomic E-state index is -0.478. The summed E-state index contributed by atoms with van der Waals surface area (Å²) in [6, 6.07) is 35.3. The largest absolute Gasteiger partial charge is 0.423 e. The van der Waals surface area contributed by atoms with E-state index < -0.39 is 5.97 Å². The van der Waals surface area contributed by atoms with Crippen LogP contribution in [-0.2, 0) is 4.79 Å². The summed E-state index contributed by atoms with van der Waals surface area (Å²) in [5.74, 6) is 0.00233. The zero-order valence-corrected chi connectivity index (χ0v) is 25.6. The van der Waals surface area contributed by atoms with Crippen LogP contribution in [0.4, 0.5) is 11.4 Å². The van der Waals surface area contributed by atoms with E-state index in [1.807, 2.05) is 72.6 Å². The molecule has 0 heterocycles. The van der Waals surface area contributed by atoms with Gasteiger partial charge in [0.15, 0.2) is 0 Å². The molecule has 41 heavy (non-hydrogen) atoms. The van der Waals surface area contributed by atoms with Crippen LogP contribution in [0.1, 0.15) is 22.3 Å². The Hall–Kier alpha value is -4.26. The van der Waals surface area contributed by atoms with Gasteiger partial charge in [0.2, 0.25) is 0 Å². The van der Waals surface area contributed by atoms with Gasteiger partial charge in [0.25, 0.3) is 0 Å². The molecule has 0 aromatic heterocycles.